The molecule has 1 saturated heterocycles. The van der Waals surface area contributed by atoms with Crippen LogP contribution >= 0.6 is 15.9 Å². The molecule has 4 nitrogen and oxygen atoms in total. The zero-order valence-electron chi connectivity index (χ0n) is 11.3. The average Bonchev–Trinajstić information content (AvgIpc) is 3.00. The zero-order valence-corrected chi connectivity index (χ0v) is 12.9. The zero-order chi connectivity index (χ0) is 13.6. The van der Waals surface area contributed by atoms with Crippen LogP contribution in [0.15, 0.2) is 10.5 Å². The Morgan fingerprint density at radius 2 is 2.26 bits per heavy atom. The lowest BCUT2D eigenvalue weighted by atomic mass is 9.96. The minimum absolute atomic E-state index is 0.308. The van der Waals surface area contributed by atoms with Gasteiger partial charge in [0.1, 0.15) is 0 Å². The summed E-state index contributed by atoms with van der Waals surface area (Å²) in [6.07, 6.45) is 1.11. The lowest BCUT2D eigenvalue weighted by Crippen LogP contribution is -2.21. The highest BCUT2D eigenvalue weighted by Gasteiger charge is 2.33. The van der Waals surface area contributed by atoms with E-state index in [9.17, 15) is 0 Å². The normalized spacial score (nSPS) is 26.1. The van der Waals surface area contributed by atoms with Crippen molar-refractivity contribution in [2.24, 2.45) is 11.7 Å². The van der Waals surface area contributed by atoms with E-state index in [2.05, 4.69) is 40.9 Å². The van der Waals surface area contributed by atoms with Gasteiger partial charge in [0.25, 0.3) is 0 Å². The summed E-state index contributed by atoms with van der Waals surface area (Å²) < 4.78 is 12.0. The number of hydrogen-bond acceptors (Lipinski definition) is 4. The second-order valence-electron chi connectivity index (χ2n) is 5.43. The van der Waals surface area contributed by atoms with E-state index in [4.69, 9.17) is 15.2 Å². The molecule has 3 rings (SSSR count). The Morgan fingerprint density at radius 3 is 2.95 bits per heavy atom. The Balaban J connectivity index is 2.00. The van der Waals surface area contributed by atoms with Gasteiger partial charge in [0.05, 0.1) is 4.47 Å². The van der Waals surface area contributed by atoms with Gasteiger partial charge in [0.2, 0.25) is 6.79 Å². The highest BCUT2D eigenvalue weighted by atomic mass is 79.9. The van der Waals surface area contributed by atoms with Crippen LogP contribution in [-0.2, 0) is 0 Å². The standard InChI is InChI=1S/C14H19BrN2O2/c1-8-10(11-3-9(5-16)6-17(11)2)4-12-14(13(8)15)19-7-18-12/h4,9,11H,3,5-7,16H2,1-2H3. The maximum atomic E-state index is 5.81. The number of nitrogens with zero attached hydrogens (tertiary/aromatic N) is 1. The number of fused-ring (bicyclic) bond motifs is 1. The molecule has 2 heterocycles. The fraction of sp³-hybridized carbons (Fsp3) is 0.571. The highest BCUT2D eigenvalue weighted by molar-refractivity contribution is 9.10. The third-order valence-electron chi connectivity index (χ3n) is 4.22. The van der Waals surface area contributed by atoms with Crippen LogP contribution < -0.4 is 15.2 Å². The van der Waals surface area contributed by atoms with E-state index in [1.54, 1.807) is 0 Å². The van der Waals surface area contributed by atoms with E-state index in [-0.39, 0.29) is 0 Å². The summed E-state index contributed by atoms with van der Waals surface area (Å²) in [5.74, 6) is 2.26. The number of rotatable bonds is 2. The molecule has 2 aliphatic heterocycles. The quantitative estimate of drug-likeness (QED) is 0.906. The summed E-state index contributed by atoms with van der Waals surface area (Å²) in [5.41, 5.74) is 8.36. The Morgan fingerprint density at radius 1 is 1.47 bits per heavy atom. The number of nitrogens with two attached hydrogens (primary N) is 1. The molecule has 104 valence electrons. The van der Waals surface area contributed by atoms with Gasteiger partial charge >= 0.3 is 0 Å². The van der Waals surface area contributed by atoms with E-state index >= 15 is 0 Å². The second kappa shape index (κ2) is 4.96. The molecule has 0 radical (unpaired) electrons. The molecule has 1 fully saturated rings. The summed E-state index contributed by atoms with van der Waals surface area (Å²) in [6.45, 7) is 4.26. The number of benzene rings is 1. The molecule has 0 saturated carbocycles. The molecule has 19 heavy (non-hydrogen) atoms. The molecule has 0 bridgehead atoms. The molecule has 0 aromatic heterocycles. The first-order chi connectivity index (χ1) is 9.11. The summed E-state index contributed by atoms with van der Waals surface area (Å²) in [7, 11) is 2.16. The average molecular weight is 327 g/mol. The molecule has 1 aromatic carbocycles. The van der Waals surface area contributed by atoms with Crippen molar-refractivity contribution < 1.29 is 9.47 Å². The van der Waals surface area contributed by atoms with Crippen LogP contribution in [0.1, 0.15) is 23.6 Å². The SMILES string of the molecule is Cc1c(C2CC(CN)CN2C)cc2c(c1Br)OCO2. The first-order valence-corrected chi connectivity index (χ1v) is 7.40. The van der Waals surface area contributed by atoms with Crippen molar-refractivity contribution in [2.75, 3.05) is 26.9 Å². The molecule has 2 atom stereocenters. The molecule has 0 amide bonds. The van der Waals surface area contributed by atoms with Gasteiger partial charge in [-0.15, -0.1) is 0 Å². The van der Waals surface area contributed by atoms with Crippen LogP contribution in [-0.4, -0.2) is 31.8 Å². The second-order valence-corrected chi connectivity index (χ2v) is 6.22. The van der Waals surface area contributed by atoms with Gasteiger partial charge in [-0.2, -0.15) is 0 Å². The molecular weight excluding hydrogens is 308 g/mol. The van der Waals surface area contributed by atoms with Crippen LogP contribution in [0.4, 0.5) is 0 Å². The number of likely N-dealkylation sites (tertiary alicyclic amines) is 1. The van der Waals surface area contributed by atoms with Crippen LogP contribution in [0, 0.1) is 12.8 Å². The van der Waals surface area contributed by atoms with E-state index < -0.39 is 0 Å². The van der Waals surface area contributed by atoms with Crippen molar-refractivity contribution in [1.29, 1.82) is 0 Å². The predicted octanol–water partition coefficient (Wildman–Crippen LogP) is 2.44. The van der Waals surface area contributed by atoms with E-state index in [0.29, 0.717) is 18.8 Å². The fourth-order valence-corrected chi connectivity index (χ4v) is 3.64. The smallest absolute Gasteiger partial charge is 0.231 e. The molecule has 2 aliphatic rings. The third kappa shape index (κ3) is 2.14. The third-order valence-corrected chi connectivity index (χ3v) is 5.17. The number of hydrogen-bond donors (Lipinski definition) is 1. The summed E-state index contributed by atoms with van der Waals surface area (Å²) in [6, 6.07) is 2.54. The maximum absolute atomic E-state index is 5.81. The summed E-state index contributed by atoms with van der Waals surface area (Å²) in [5, 5.41) is 0. The van der Waals surface area contributed by atoms with Gasteiger partial charge in [0.15, 0.2) is 11.5 Å². The van der Waals surface area contributed by atoms with Crippen LogP contribution in [0.25, 0.3) is 0 Å². The van der Waals surface area contributed by atoms with Crippen molar-refractivity contribution in [2.45, 2.75) is 19.4 Å². The minimum Gasteiger partial charge on any atom is -0.454 e. The largest absolute Gasteiger partial charge is 0.454 e. The fourth-order valence-electron chi connectivity index (χ4n) is 3.10. The molecule has 0 aliphatic carbocycles. The van der Waals surface area contributed by atoms with Crippen molar-refractivity contribution in [3.8, 4) is 11.5 Å². The van der Waals surface area contributed by atoms with Gasteiger partial charge in [0, 0.05) is 12.6 Å². The van der Waals surface area contributed by atoms with Gasteiger partial charge in [-0.3, -0.25) is 4.90 Å². The van der Waals surface area contributed by atoms with Crippen LogP contribution in [0.2, 0.25) is 0 Å². The Labute approximate surface area is 122 Å². The predicted molar refractivity (Wildman–Crippen MR) is 77.5 cm³/mol. The number of ether oxygens (including phenoxy) is 2. The van der Waals surface area contributed by atoms with Gasteiger partial charge in [-0.25, -0.2) is 0 Å². The lowest BCUT2D eigenvalue weighted by Gasteiger charge is -2.22. The summed E-state index contributed by atoms with van der Waals surface area (Å²) in [4.78, 5) is 2.38. The lowest BCUT2D eigenvalue weighted by molar-refractivity contribution is 0.173. The van der Waals surface area contributed by atoms with Crippen LogP contribution in [0.5, 0.6) is 11.5 Å². The Kier molecular flexibility index (Phi) is 3.45. The summed E-state index contributed by atoms with van der Waals surface area (Å²) >= 11 is 3.63. The molecule has 2 unspecified atom stereocenters. The van der Waals surface area contributed by atoms with E-state index in [1.807, 2.05) is 0 Å². The molecule has 5 heteroatoms. The first-order valence-electron chi connectivity index (χ1n) is 6.60. The van der Waals surface area contributed by atoms with E-state index in [1.165, 1.54) is 11.1 Å². The topological polar surface area (TPSA) is 47.7 Å². The Hall–Kier alpha value is -0.780. The molecule has 0 spiro atoms. The molecular formula is C14H19BrN2O2. The first kappa shape index (κ1) is 13.2. The Bertz CT molecular complexity index is 507. The van der Waals surface area contributed by atoms with Gasteiger partial charge in [-0.05, 0) is 66.0 Å². The van der Waals surface area contributed by atoms with Crippen molar-refractivity contribution in [3.05, 3.63) is 21.7 Å². The van der Waals surface area contributed by atoms with Gasteiger partial charge < -0.3 is 15.2 Å². The van der Waals surface area contributed by atoms with Crippen molar-refractivity contribution in [1.82, 2.24) is 4.90 Å². The minimum atomic E-state index is 0.308. The van der Waals surface area contributed by atoms with Gasteiger partial charge in [-0.1, -0.05) is 0 Å². The molecule has 2 N–H and O–H groups in total. The number of halogens is 1. The van der Waals surface area contributed by atoms with E-state index in [0.717, 1.165) is 35.5 Å². The maximum Gasteiger partial charge on any atom is 0.231 e. The van der Waals surface area contributed by atoms with Crippen molar-refractivity contribution in [3.63, 3.8) is 0 Å². The van der Waals surface area contributed by atoms with Crippen molar-refractivity contribution >= 4 is 15.9 Å². The monoisotopic (exact) mass is 326 g/mol. The van der Waals surface area contributed by atoms with Crippen LogP contribution in [0.3, 0.4) is 0 Å². The highest BCUT2D eigenvalue weighted by Crippen LogP contribution is 2.46. The molecule has 1 aromatic rings.